The van der Waals surface area contributed by atoms with Crippen molar-refractivity contribution in [3.63, 3.8) is 0 Å². The molecule has 10 nitrogen and oxygen atoms in total. The quantitative estimate of drug-likeness (QED) is 0.362. The number of nitrogens with zero attached hydrogens (tertiary/aromatic N) is 3. The summed E-state index contributed by atoms with van der Waals surface area (Å²) in [7, 11) is 0. The lowest BCUT2D eigenvalue weighted by Gasteiger charge is -2.38. The van der Waals surface area contributed by atoms with Crippen molar-refractivity contribution in [2.45, 2.75) is 18.4 Å². The molecular weight excluding hydrogens is 484 g/mol. The number of rotatable bonds is 4. The first-order valence-corrected chi connectivity index (χ1v) is 11.6. The molecule has 0 aliphatic carbocycles. The molecule has 6 rings (SSSR count). The summed E-state index contributed by atoms with van der Waals surface area (Å²) in [5.41, 5.74) is 1.69. The summed E-state index contributed by atoms with van der Waals surface area (Å²) >= 11 is 6.05. The van der Waals surface area contributed by atoms with Crippen LogP contribution < -0.4 is 20.3 Å². The molecule has 2 saturated heterocycles. The lowest BCUT2D eigenvalue weighted by atomic mass is 9.92. The number of nitrogens with one attached hydrogen (secondary N) is 3. The van der Waals surface area contributed by atoms with E-state index in [-0.39, 0.29) is 0 Å². The number of benzene rings is 2. The number of anilines is 1. The molecule has 2 aromatic heterocycles. The van der Waals surface area contributed by atoms with Crippen LogP contribution in [0.4, 0.5) is 10.5 Å². The Morgan fingerprint density at radius 1 is 0.972 bits per heavy atom. The molecule has 2 aromatic carbocycles. The highest BCUT2D eigenvalue weighted by Gasteiger charge is 2.57. The highest BCUT2D eigenvalue weighted by atomic mass is 35.5. The molecule has 0 radical (unpaired) electrons. The Labute approximate surface area is 209 Å². The molecule has 36 heavy (non-hydrogen) atoms. The average molecular weight is 503 g/mol. The molecule has 2 aliphatic rings. The predicted molar refractivity (Wildman–Crippen MR) is 132 cm³/mol. The summed E-state index contributed by atoms with van der Waals surface area (Å²) in [4.78, 5) is 50.7. The summed E-state index contributed by atoms with van der Waals surface area (Å²) < 4.78 is 5.87. The molecule has 0 saturated carbocycles. The maximum atomic E-state index is 12.6. The van der Waals surface area contributed by atoms with Crippen LogP contribution in [0.25, 0.3) is 22.4 Å². The minimum atomic E-state index is -1.46. The molecule has 11 heteroatoms. The van der Waals surface area contributed by atoms with Crippen molar-refractivity contribution in [3.8, 4) is 23.0 Å². The number of imidazole rings is 1. The van der Waals surface area contributed by atoms with Crippen LogP contribution in [0.3, 0.4) is 0 Å². The number of halogens is 1. The summed E-state index contributed by atoms with van der Waals surface area (Å²) in [6.07, 6.45) is 2.48. The number of H-pyrrole nitrogens is 1. The van der Waals surface area contributed by atoms with E-state index in [9.17, 15) is 14.4 Å². The van der Waals surface area contributed by atoms with Gasteiger partial charge in [0.25, 0.3) is 11.8 Å². The number of amides is 4. The number of imide groups is 2. The number of aromatic amines is 1. The number of fused-ring (bicyclic) bond motifs is 1. The second-order valence-corrected chi connectivity index (χ2v) is 9.02. The van der Waals surface area contributed by atoms with Crippen molar-refractivity contribution in [1.82, 2.24) is 25.6 Å². The van der Waals surface area contributed by atoms with E-state index in [0.717, 1.165) is 22.4 Å². The molecule has 0 atom stereocenters. The topological polar surface area (TPSA) is 129 Å². The van der Waals surface area contributed by atoms with Gasteiger partial charge in [-0.2, -0.15) is 0 Å². The van der Waals surface area contributed by atoms with Crippen LogP contribution in [0.1, 0.15) is 12.8 Å². The van der Waals surface area contributed by atoms with E-state index < -0.39 is 23.4 Å². The molecule has 4 heterocycles. The molecular formula is C25H19ClN6O4. The summed E-state index contributed by atoms with van der Waals surface area (Å²) in [5.74, 6) is 0.410. The fraction of sp³-hybridized carbons (Fsp3) is 0.160. The Bertz CT molecular complexity index is 1500. The number of carbonyl (C=O) groups excluding carboxylic acids is 3. The SMILES string of the molecule is O=C1NC(=O)C2(CCCN2c2ccc(Oc3ccc(-c4nc5ccc(Cl)cc5[nH]4)cc3)nc2)C(=O)N1. The number of ether oxygens (including phenoxy) is 1. The lowest BCUT2D eigenvalue weighted by molar-refractivity contribution is -0.137. The number of hydrogen-bond acceptors (Lipinski definition) is 7. The summed E-state index contributed by atoms with van der Waals surface area (Å²) in [6, 6.07) is 15.5. The lowest BCUT2D eigenvalue weighted by Crippen LogP contribution is -2.71. The maximum absolute atomic E-state index is 12.6. The standard InChI is InChI=1S/C25H19ClN6O4/c26-15-4-8-18-19(12-15)29-21(28-18)14-2-6-17(7-3-14)36-20-9-5-16(13-27-20)32-11-1-10-25(32)22(33)30-24(35)31-23(25)34/h2-9,12-13H,1,10-11H2,(H,28,29)(H2,30,31,33,34,35). The second kappa shape index (κ2) is 8.35. The van der Waals surface area contributed by atoms with Crippen LogP contribution in [-0.2, 0) is 9.59 Å². The molecule has 2 aliphatic heterocycles. The number of hydrogen-bond donors (Lipinski definition) is 3. The fourth-order valence-electron chi connectivity index (χ4n) is 4.70. The highest BCUT2D eigenvalue weighted by molar-refractivity contribution is 6.31. The first-order valence-electron chi connectivity index (χ1n) is 11.3. The first kappa shape index (κ1) is 22.1. The normalized spacial score (nSPS) is 16.9. The van der Waals surface area contributed by atoms with E-state index in [4.69, 9.17) is 16.3 Å². The Balaban J connectivity index is 1.18. The Kier molecular flexibility index (Phi) is 5.11. The van der Waals surface area contributed by atoms with Crippen molar-refractivity contribution in [2.24, 2.45) is 0 Å². The van der Waals surface area contributed by atoms with Crippen LogP contribution in [0.2, 0.25) is 5.02 Å². The number of barbiturate groups is 1. The zero-order valence-electron chi connectivity index (χ0n) is 18.7. The number of aromatic nitrogens is 3. The van der Waals surface area contributed by atoms with Gasteiger partial charge in [0.15, 0.2) is 5.54 Å². The Hall–Kier alpha value is -4.44. The van der Waals surface area contributed by atoms with Crippen LogP contribution in [-0.4, -0.2) is 44.9 Å². The van der Waals surface area contributed by atoms with Gasteiger partial charge in [0.05, 0.1) is 22.9 Å². The largest absolute Gasteiger partial charge is 0.439 e. The number of carbonyl (C=O) groups is 3. The first-order chi connectivity index (χ1) is 17.4. The van der Waals surface area contributed by atoms with Crippen molar-refractivity contribution in [2.75, 3.05) is 11.4 Å². The van der Waals surface area contributed by atoms with Gasteiger partial charge in [0.1, 0.15) is 11.6 Å². The third-order valence-corrected chi connectivity index (χ3v) is 6.65. The minimum Gasteiger partial charge on any atom is -0.439 e. The average Bonchev–Trinajstić information content (AvgIpc) is 3.49. The van der Waals surface area contributed by atoms with Gasteiger partial charge in [0.2, 0.25) is 5.88 Å². The van der Waals surface area contributed by atoms with E-state index in [0.29, 0.717) is 41.7 Å². The van der Waals surface area contributed by atoms with Gasteiger partial charge in [-0.05, 0) is 61.4 Å². The van der Waals surface area contributed by atoms with E-state index in [2.05, 4.69) is 25.6 Å². The molecule has 1 spiro atoms. The van der Waals surface area contributed by atoms with Gasteiger partial charge in [0, 0.05) is 23.2 Å². The molecule has 180 valence electrons. The van der Waals surface area contributed by atoms with Crippen molar-refractivity contribution in [1.29, 1.82) is 0 Å². The Morgan fingerprint density at radius 2 is 1.75 bits per heavy atom. The molecule has 2 fully saturated rings. The van der Waals surface area contributed by atoms with Crippen molar-refractivity contribution < 1.29 is 19.1 Å². The van der Waals surface area contributed by atoms with Crippen LogP contribution >= 0.6 is 11.6 Å². The zero-order chi connectivity index (χ0) is 24.9. The smallest absolute Gasteiger partial charge is 0.328 e. The molecule has 4 amide bonds. The van der Waals surface area contributed by atoms with Crippen LogP contribution in [0, 0.1) is 0 Å². The second-order valence-electron chi connectivity index (χ2n) is 8.58. The Morgan fingerprint density at radius 3 is 2.47 bits per heavy atom. The van der Waals surface area contributed by atoms with Gasteiger partial charge < -0.3 is 14.6 Å². The van der Waals surface area contributed by atoms with Gasteiger partial charge in [-0.1, -0.05) is 11.6 Å². The third-order valence-electron chi connectivity index (χ3n) is 6.41. The number of urea groups is 1. The van der Waals surface area contributed by atoms with Crippen LogP contribution in [0.5, 0.6) is 11.6 Å². The molecule has 4 aromatic rings. The van der Waals surface area contributed by atoms with Gasteiger partial charge in [-0.3, -0.25) is 20.2 Å². The minimum absolute atomic E-state index is 0.306. The monoisotopic (exact) mass is 502 g/mol. The van der Waals surface area contributed by atoms with E-state index >= 15 is 0 Å². The molecule has 0 unspecified atom stereocenters. The van der Waals surface area contributed by atoms with Crippen LogP contribution in [0.15, 0.2) is 60.8 Å². The predicted octanol–water partition coefficient (Wildman–Crippen LogP) is 3.78. The molecule has 0 bridgehead atoms. The van der Waals surface area contributed by atoms with Crippen molar-refractivity contribution >= 4 is 46.2 Å². The highest BCUT2D eigenvalue weighted by Crippen LogP contribution is 2.36. The third kappa shape index (κ3) is 3.62. The van der Waals surface area contributed by atoms with Gasteiger partial charge >= 0.3 is 6.03 Å². The fourth-order valence-corrected chi connectivity index (χ4v) is 4.87. The van der Waals surface area contributed by atoms with E-state index in [1.165, 1.54) is 0 Å². The van der Waals surface area contributed by atoms with E-state index in [1.54, 1.807) is 29.3 Å². The zero-order valence-corrected chi connectivity index (χ0v) is 19.5. The van der Waals surface area contributed by atoms with Gasteiger partial charge in [-0.15, -0.1) is 0 Å². The van der Waals surface area contributed by atoms with Crippen molar-refractivity contribution in [3.05, 3.63) is 65.8 Å². The summed E-state index contributed by atoms with van der Waals surface area (Å²) in [5, 5.41) is 5.05. The summed E-state index contributed by atoms with van der Waals surface area (Å²) in [6.45, 7) is 0.479. The van der Waals surface area contributed by atoms with E-state index in [1.807, 2.05) is 36.4 Å². The maximum Gasteiger partial charge on any atom is 0.328 e. The molecule has 3 N–H and O–H groups in total. The number of pyridine rings is 1. The van der Waals surface area contributed by atoms with Gasteiger partial charge in [-0.25, -0.2) is 14.8 Å².